The van der Waals surface area contributed by atoms with E-state index in [9.17, 15) is 14.4 Å². The summed E-state index contributed by atoms with van der Waals surface area (Å²) >= 11 is 0. The van der Waals surface area contributed by atoms with Crippen molar-refractivity contribution in [2.24, 2.45) is 0 Å². The van der Waals surface area contributed by atoms with Crippen LogP contribution in [0.1, 0.15) is 23.6 Å². The average molecular weight is 425 g/mol. The van der Waals surface area contributed by atoms with Crippen LogP contribution >= 0.6 is 0 Å². The summed E-state index contributed by atoms with van der Waals surface area (Å²) in [6, 6.07) is 12.3. The van der Waals surface area contributed by atoms with Crippen molar-refractivity contribution in [3.63, 3.8) is 0 Å². The number of ether oxygens (including phenoxy) is 2. The number of benzene rings is 2. The van der Waals surface area contributed by atoms with E-state index in [1.54, 1.807) is 39.3 Å². The Morgan fingerprint density at radius 1 is 1.10 bits per heavy atom. The first-order valence-corrected chi connectivity index (χ1v) is 9.97. The number of rotatable bonds is 8. The van der Waals surface area contributed by atoms with Gasteiger partial charge in [-0.1, -0.05) is 18.2 Å². The highest BCUT2D eigenvalue weighted by Gasteiger charge is 2.49. The van der Waals surface area contributed by atoms with Gasteiger partial charge in [-0.3, -0.25) is 14.5 Å². The lowest BCUT2D eigenvalue weighted by Gasteiger charge is -2.23. The van der Waals surface area contributed by atoms with E-state index >= 15 is 0 Å². The highest BCUT2D eigenvalue weighted by atomic mass is 16.5. The van der Waals surface area contributed by atoms with Crippen LogP contribution in [0.25, 0.3) is 0 Å². The molecule has 2 aromatic carbocycles. The number of aryl methyl sites for hydroxylation is 1. The van der Waals surface area contributed by atoms with Gasteiger partial charge in [0.05, 0.1) is 14.2 Å². The molecule has 1 aliphatic rings. The van der Waals surface area contributed by atoms with Crippen LogP contribution in [0.2, 0.25) is 0 Å². The number of carbonyl (C=O) groups excluding carboxylic acids is 3. The lowest BCUT2D eigenvalue weighted by atomic mass is 9.90. The largest absolute Gasteiger partial charge is 0.497 e. The lowest BCUT2D eigenvalue weighted by molar-refractivity contribution is -0.134. The van der Waals surface area contributed by atoms with Crippen LogP contribution in [0.4, 0.5) is 4.79 Å². The van der Waals surface area contributed by atoms with E-state index in [2.05, 4.69) is 10.6 Å². The zero-order chi connectivity index (χ0) is 22.6. The molecule has 1 atom stereocenters. The zero-order valence-corrected chi connectivity index (χ0v) is 18.2. The van der Waals surface area contributed by atoms with Crippen molar-refractivity contribution in [2.75, 3.05) is 27.3 Å². The summed E-state index contributed by atoms with van der Waals surface area (Å²) in [6.07, 6.45) is 0.624. The molecule has 3 rings (SSSR count). The molecule has 0 saturated carbocycles. The average Bonchev–Trinajstić information content (AvgIpc) is 2.98. The van der Waals surface area contributed by atoms with Crippen LogP contribution in [0.15, 0.2) is 42.5 Å². The molecular weight excluding hydrogens is 398 g/mol. The maximum Gasteiger partial charge on any atom is 0.325 e. The van der Waals surface area contributed by atoms with Crippen LogP contribution in [0, 0.1) is 6.92 Å². The van der Waals surface area contributed by atoms with Gasteiger partial charge in [-0.2, -0.15) is 0 Å². The maximum atomic E-state index is 13.0. The standard InChI is InChI=1S/C23H27N3O5/c1-15-13-17(7-10-19(15)31-4)23(2)21(28)26(22(29)25-23)14-20(27)24-12-11-16-5-8-18(30-3)9-6-16/h5-10,13H,11-12,14H2,1-4H3,(H,24,27)(H,25,29). The predicted octanol–water partition coefficient (Wildman–Crippen LogP) is 2.14. The Morgan fingerprint density at radius 2 is 1.81 bits per heavy atom. The van der Waals surface area contributed by atoms with Gasteiger partial charge >= 0.3 is 6.03 Å². The molecule has 0 aromatic heterocycles. The first-order chi connectivity index (χ1) is 14.8. The molecule has 8 nitrogen and oxygen atoms in total. The Labute approximate surface area is 181 Å². The van der Waals surface area contributed by atoms with Crippen molar-refractivity contribution in [3.8, 4) is 11.5 Å². The van der Waals surface area contributed by atoms with Crippen LogP contribution in [0.5, 0.6) is 11.5 Å². The van der Waals surface area contributed by atoms with E-state index in [4.69, 9.17) is 9.47 Å². The van der Waals surface area contributed by atoms with Gasteiger partial charge in [0, 0.05) is 6.54 Å². The maximum absolute atomic E-state index is 13.0. The number of carbonyl (C=O) groups is 3. The SMILES string of the molecule is COc1ccc(CCNC(=O)CN2C(=O)NC(C)(c3ccc(OC)c(C)c3)C2=O)cc1. The molecule has 8 heteroatoms. The van der Waals surface area contributed by atoms with Crippen molar-refractivity contribution in [1.82, 2.24) is 15.5 Å². The lowest BCUT2D eigenvalue weighted by Crippen LogP contribution is -2.43. The van der Waals surface area contributed by atoms with Crippen molar-refractivity contribution in [1.29, 1.82) is 0 Å². The summed E-state index contributed by atoms with van der Waals surface area (Å²) in [4.78, 5) is 38.8. The van der Waals surface area contributed by atoms with E-state index in [1.165, 1.54) is 0 Å². The third-order valence-corrected chi connectivity index (χ3v) is 5.44. The molecule has 1 saturated heterocycles. The summed E-state index contributed by atoms with van der Waals surface area (Å²) in [5.74, 6) is 0.596. The summed E-state index contributed by atoms with van der Waals surface area (Å²) < 4.78 is 10.4. The summed E-state index contributed by atoms with van der Waals surface area (Å²) in [5.41, 5.74) is 1.28. The Morgan fingerprint density at radius 3 is 2.42 bits per heavy atom. The van der Waals surface area contributed by atoms with E-state index in [0.29, 0.717) is 24.3 Å². The second-order valence-corrected chi connectivity index (χ2v) is 7.58. The molecule has 0 spiro atoms. The number of methoxy groups -OCH3 is 2. The quantitative estimate of drug-likeness (QED) is 0.632. The minimum absolute atomic E-state index is 0.335. The normalized spacial score (nSPS) is 18.0. The smallest absolute Gasteiger partial charge is 0.325 e. The van der Waals surface area contributed by atoms with Crippen molar-refractivity contribution >= 4 is 17.8 Å². The fourth-order valence-electron chi connectivity index (χ4n) is 3.56. The molecule has 31 heavy (non-hydrogen) atoms. The third kappa shape index (κ3) is 4.63. The molecule has 2 N–H and O–H groups in total. The van der Waals surface area contributed by atoms with E-state index in [-0.39, 0.29) is 6.54 Å². The molecule has 1 unspecified atom stereocenters. The molecular formula is C23H27N3O5. The number of imide groups is 1. The Bertz CT molecular complexity index is 989. The predicted molar refractivity (Wildman–Crippen MR) is 115 cm³/mol. The number of nitrogens with one attached hydrogen (secondary N) is 2. The number of hydrogen-bond donors (Lipinski definition) is 2. The topological polar surface area (TPSA) is 97.0 Å². The minimum atomic E-state index is -1.24. The number of amides is 4. The summed E-state index contributed by atoms with van der Waals surface area (Å²) in [5, 5.41) is 5.47. The van der Waals surface area contributed by atoms with Gasteiger partial charge < -0.3 is 20.1 Å². The Hall–Kier alpha value is -3.55. The van der Waals surface area contributed by atoms with E-state index in [0.717, 1.165) is 21.8 Å². The van der Waals surface area contributed by atoms with Gasteiger partial charge in [-0.25, -0.2) is 4.79 Å². The molecule has 164 valence electrons. The number of urea groups is 1. The molecule has 1 aliphatic heterocycles. The van der Waals surface area contributed by atoms with Crippen LogP contribution in [0.3, 0.4) is 0 Å². The third-order valence-electron chi connectivity index (χ3n) is 5.44. The van der Waals surface area contributed by atoms with Crippen LogP contribution in [-0.2, 0) is 21.5 Å². The summed E-state index contributed by atoms with van der Waals surface area (Å²) in [6.45, 7) is 3.55. The van der Waals surface area contributed by atoms with E-state index < -0.39 is 23.4 Å². The first-order valence-electron chi connectivity index (χ1n) is 9.97. The minimum Gasteiger partial charge on any atom is -0.497 e. The fraction of sp³-hybridized carbons (Fsp3) is 0.348. The molecule has 0 radical (unpaired) electrons. The van der Waals surface area contributed by atoms with Gasteiger partial charge in [-0.15, -0.1) is 0 Å². The zero-order valence-electron chi connectivity index (χ0n) is 18.2. The van der Waals surface area contributed by atoms with Crippen molar-refractivity contribution < 1.29 is 23.9 Å². The van der Waals surface area contributed by atoms with Crippen molar-refractivity contribution in [3.05, 3.63) is 59.2 Å². The Kier molecular flexibility index (Phi) is 6.48. The molecule has 2 aromatic rings. The number of hydrogen-bond acceptors (Lipinski definition) is 5. The van der Waals surface area contributed by atoms with E-state index in [1.807, 2.05) is 31.2 Å². The first kappa shape index (κ1) is 22.1. The molecule has 0 bridgehead atoms. The van der Waals surface area contributed by atoms with Gasteiger partial charge in [-0.05, 0) is 61.2 Å². The monoisotopic (exact) mass is 425 g/mol. The second kappa shape index (κ2) is 9.07. The van der Waals surface area contributed by atoms with Gasteiger partial charge in [0.15, 0.2) is 0 Å². The van der Waals surface area contributed by atoms with Gasteiger partial charge in [0.2, 0.25) is 5.91 Å². The van der Waals surface area contributed by atoms with Crippen LogP contribution in [-0.4, -0.2) is 50.1 Å². The van der Waals surface area contributed by atoms with Crippen molar-refractivity contribution in [2.45, 2.75) is 25.8 Å². The molecule has 1 fully saturated rings. The van der Waals surface area contributed by atoms with Gasteiger partial charge in [0.25, 0.3) is 5.91 Å². The van der Waals surface area contributed by atoms with Gasteiger partial charge in [0.1, 0.15) is 23.6 Å². The highest BCUT2D eigenvalue weighted by molar-refractivity contribution is 6.09. The second-order valence-electron chi connectivity index (χ2n) is 7.58. The summed E-state index contributed by atoms with van der Waals surface area (Å²) in [7, 11) is 3.17. The fourth-order valence-corrected chi connectivity index (χ4v) is 3.56. The molecule has 0 aliphatic carbocycles. The highest BCUT2D eigenvalue weighted by Crippen LogP contribution is 2.31. The Balaban J connectivity index is 1.60. The van der Waals surface area contributed by atoms with Crippen LogP contribution < -0.4 is 20.1 Å². The number of nitrogens with zero attached hydrogens (tertiary/aromatic N) is 1. The molecule has 1 heterocycles. The molecule has 4 amide bonds.